The number of hydrogen-bond acceptors (Lipinski definition) is 5. The van der Waals surface area contributed by atoms with Crippen molar-refractivity contribution in [3.63, 3.8) is 0 Å². The van der Waals surface area contributed by atoms with Crippen molar-refractivity contribution in [3.8, 4) is 0 Å². The van der Waals surface area contributed by atoms with Crippen LogP contribution < -0.4 is 16.0 Å². The molecule has 4 rings (SSSR count). The summed E-state index contributed by atoms with van der Waals surface area (Å²) < 4.78 is 27.2. The van der Waals surface area contributed by atoms with Crippen molar-refractivity contribution in [1.82, 2.24) is 15.2 Å². The maximum atomic E-state index is 13.8. The van der Waals surface area contributed by atoms with Crippen molar-refractivity contribution in [3.05, 3.63) is 89.6 Å². The van der Waals surface area contributed by atoms with Gasteiger partial charge in [0.1, 0.15) is 11.9 Å². The number of likely N-dealkylation sites (tertiary alicyclic amines) is 1. The SMILES string of the molecule is CC[C@@H](NC(=O)N1C(=O)C(Cc2ccnc(N)c2)[C@H]1C(=O)N(C)c1ccccc1)c1ccc(F)c(F)c1. The number of carbonyl (C=O) groups is 3. The molecule has 2 aromatic carbocycles. The molecule has 192 valence electrons. The number of pyridine rings is 1. The molecule has 1 fully saturated rings. The highest BCUT2D eigenvalue weighted by Crippen LogP contribution is 2.33. The zero-order valence-electron chi connectivity index (χ0n) is 20.4. The summed E-state index contributed by atoms with van der Waals surface area (Å²) in [7, 11) is 1.58. The number of likely N-dealkylation sites (N-methyl/N-ethyl adjacent to an activating group) is 1. The number of para-hydroxylation sites is 1. The third kappa shape index (κ3) is 5.28. The summed E-state index contributed by atoms with van der Waals surface area (Å²) in [6.07, 6.45) is 2.05. The van der Waals surface area contributed by atoms with Gasteiger partial charge in [-0.15, -0.1) is 0 Å². The zero-order valence-corrected chi connectivity index (χ0v) is 20.4. The van der Waals surface area contributed by atoms with Crippen LogP contribution in [0.5, 0.6) is 0 Å². The quantitative estimate of drug-likeness (QED) is 0.473. The lowest BCUT2D eigenvalue weighted by Crippen LogP contribution is -2.70. The summed E-state index contributed by atoms with van der Waals surface area (Å²) in [6, 6.07) is 13.0. The molecule has 8 nitrogen and oxygen atoms in total. The highest BCUT2D eigenvalue weighted by Gasteiger charge is 2.55. The Labute approximate surface area is 213 Å². The molecular formula is C27H27F2N5O3. The highest BCUT2D eigenvalue weighted by atomic mass is 19.2. The summed E-state index contributed by atoms with van der Waals surface area (Å²) in [4.78, 5) is 46.3. The number of benzene rings is 2. The maximum absolute atomic E-state index is 13.8. The Morgan fingerprint density at radius 2 is 1.84 bits per heavy atom. The van der Waals surface area contributed by atoms with Crippen LogP contribution in [0.2, 0.25) is 0 Å². The van der Waals surface area contributed by atoms with Crippen LogP contribution in [0.3, 0.4) is 0 Å². The van der Waals surface area contributed by atoms with E-state index >= 15 is 0 Å². The van der Waals surface area contributed by atoms with E-state index in [-0.39, 0.29) is 12.2 Å². The largest absolute Gasteiger partial charge is 0.384 e. The van der Waals surface area contributed by atoms with Gasteiger partial charge in [-0.2, -0.15) is 0 Å². The van der Waals surface area contributed by atoms with Gasteiger partial charge in [0.2, 0.25) is 5.91 Å². The number of nitrogen functional groups attached to an aromatic ring is 1. The standard InChI is InChI=1S/C27H27F2N5O3/c1-3-22(17-9-10-20(28)21(29)15-17)32-27(37)34-24(26(36)33(2)18-7-5-4-6-8-18)19(25(34)35)13-16-11-12-31-23(30)14-16/h4-12,14-15,19,22,24H,3,13H2,1-2H3,(H2,30,31)(H,32,37)/t19?,22-,24+/m1/s1. The Morgan fingerprint density at radius 1 is 1.11 bits per heavy atom. The number of anilines is 2. The molecule has 1 aromatic heterocycles. The number of imide groups is 1. The van der Waals surface area contributed by atoms with Gasteiger partial charge in [0.15, 0.2) is 11.6 Å². The van der Waals surface area contributed by atoms with Crippen molar-refractivity contribution in [2.45, 2.75) is 31.8 Å². The van der Waals surface area contributed by atoms with Gasteiger partial charge in [0.05, 0.1) is 12.0 Å². The van der Waals surface area contributed by atoms with Gasteiger partial charge in [-0.1, -0.05) is 31.2 Å². The number of hydrogen-bond donors (Lipinski definition) is 2. The lowest BCUT2D eigenvalue weighted by molar-refractivity contribution is -0.156. The van der Waals surface area contributed by atoms with Crippen LogP contribution in [0.1, 0.15) is 30.5 Å². The van der Waals surface area contributed by atoms with Gasteiger partial charge in [-0.25, -0.2) is 18.6 Å². The van der Waals surface area contributed by atoms with Gasteiger partial charge in [-0.05, 0) is 60.4 Å². The second-order valence-electron chi connectivity index (χ2n) is 8.87. The number of carbonyl (C=O) groups excluding carboxylic acids is 3. The van der Waals surface area contributed by atoms with E-state index in [1.165, 1.54) is 17.2 Å². The first-order valence-electron chi connectivity index (χ1n) is 11.8. The Balaban J connectivity index is 1.60. The van der Waals surface area contributed by atoms with Crippen LogP contribution in [0.4, 0.5) is 25.1 Å². The monoisotopic (exact) mass is 507 g/mol. The summed E-state index contributed by atoms with van der Waals surface area (Å²) in [6.45, 7) is 1.76. The van der Waals surface area contributed by atoms with Gasteiger partial charge in [0.25, 0.3) is 5.91 Å². The fraction of sp³-hybridized carbons (Fsp3) is 0.259. The number of nitrogens with zero attached hydrogens (tertiary/aromatic N) is 3. The Bertz CT molecular complexity index is 1320. The van der Waals surface area contributed by atoms with E-state index in [0.29, 0.717) is 23.2 Å². The molecular weight excluding hydrogens is 480 g/mol. The smallest absolute Gasteiger partial charge is 0.325 e. The van der Waals surface area contributed by atoms with Crippen molar-refractivity contribution in [2.24, 2.45) is 5.92 Å². The summed E-state index contributed by atoms with van der Waals surface area (Å²) in [5.74, 6) is -3.52. The Kier molecular flexibility index (Phi) is 7.47. The zero-order chi connectivity index (χ0) is 26.7. The average molecular weight is 508 g/mol. The molecule has 0 aliphatic carbocycles. The number of nitrogens with one attached hydrogen (secondary N) is 1. The van der Waals surface area contributed by atoms with Crippen LogP contribution in [-0.4, -0.2) is 40.8 Å². The number of β-lactam (4-membered cyclic amide) rings is 1. The molecule has 37 heavy (non-hydrogen) atoms. The van der Waals surface area contributed by atoms with E-state index < -0.39 is 47.5 Å². The van der Waals surface area contributed by atoms with Crippen molar-refractivity contribution >= 4 is 29.4 Å². The summed E-state index contributed by atoms with van der Waals surface area (Å²) >= 11 is 0. The molecule has 10 heteroatoms. The third-order valence-corrected chi connectivity index (χ3v) is 6.51. The third-order valence-electron chi connectivity index (χ3n) is 6.51. The molecule has 1 aliphatic heterocycles. The van der Waals surface area contributed by atoms with E-state index in [2.05, 4.69) is 10.3 Å². The number of amides is 4. The molecule has 3 N–H and O–H groups in total. The van der Waals surface area contributed by atoms with Gasteiger partial charge < -0.3 is 16.0 Å². The number of nitrogens with two attached hydrogens (primary N) is 1. The number of halogens is 2. The molecule has 0 spiro atoms. The lowest BCUT2D eigenvalue weighted by Gasteiger charge is -2.46. The van der Waals surface area contributed by atoms with Crippen LogP contribution >= 0.6 is 0 Å². The van der Waals surface area contributed by atoms with E-state index in [9.17, 15) is 23.2 Å². The molecule has 2 heterocycles. The van der Waals surface area contributed by atoms with Crippen molar-refractivity contribution in [2.75, 3.05) is 17.7 Å². The highest BCUT2D eigenvalue weighted by molar-refractivity contribution is 6.12. The van der Waals surface area contributed by atoms with E-state index in [0.717, 1.165) is 17.0 Å². The molecule has 1 saturated heterocycles. The Morgan fingerprint density at radius 3 is 2.49 bits per heavy atom. The predicted octanol–water partition coefficient (Wildman–Crippen LogP) is 3.84. The molecule has 0 radical (unpaired) electrons. The van der Waals surface area contributed by atoms with Gasteiger partial charge in [-0.3, -0.25) is 14.5 Å². The molecule has 3 atom stereocenters. The molecule has 1 aliphatic rings. The van der Waals surface area contributed by atoms with Crippen LogP contribution in [0.15, 0.2) is 66.9 Å². The molecule has 0 saturated carbocycles. The first-order valence-corrected chi connectivity index (χ1v) is 11.8. The summed E-state index contributed by atoms with van der Waals surface area (Å²) in [5, 5.41) is 2.70. The topological polar surface area (TPSA) is 109 Å². The molecule has 0 bridgehead atoms. The molecule has 4 amide bonds. The van der Waals surface area contributed by atoms with Crippen LogP contribution in [0.25, 0.3) is 0 Å². The normalized spacial score (nSPS) is 17.6. The first kappa shape index (κ1) is 25.7. The lowest BCUT2D eigenvalue weighted by atomic mass is 9.81. The predicted molar refractivity (Wildman–Crippen MR) is 134 cm³/mol. The minimum Gasteiger partial charge on any atom is -0.384 e. The van der Waals surface area contributed by atoms with Crippen LogP contribution in [0, 0.1) is 17.6 Å². The van der Waals surface area contributed by atoms with E-state index in [1.807, 2.05) is 6.07 Å². The van der Waals surface area contributed by atoms with Crippen molar-refractivity contribution < 1.29 is 23.2 Å². The second-order valence-corrected chi connectivity index (χ2v) is 8.87. The second kappa shape index (κ2) is 10.7. The number of urea groups is 1. The van der Waals surface area contributed by atoms with Gasteiger partial charge >= 0.3 is 6.03 Å². The van der Waals surface area contributed by atoms with E-state index in [1.54, 1.807) is 50.4 Å². The molecule has 3 aromatic rings. The van der Waals surface area contributed by atoms with E-state index in [4.69, 9.17) is 5.73 Å². The van der Waals surface area contributed by atoms with Crippen LogP contribution in [-0.2, 0) is 16.0 Å². The summed E-state index contributed by atoms with van der Waals surface area (Å²) in [5.41, 5.74) is 7.43. The van der Waals surface area contributed by atoms with Crippen molar-refractivity contribution in [1.29, 1.82) is 0 Å². The average Bonchev–Trinajstić information content (AvgIpc) is 2.90. The van der Waals surface area contributed by atoms with Gasteiger partial charge in [0, 0.05) is 18.9 Å². The first-order chi connectivity index (χ1) is 17.7. The fourth-order valence-electron chi connectivity index (χ4n) is 4.48. The minimum absolute atomic E-state index is 0.189. The number of rotatable bonds is 7. The minimum atomic E-state index is -1.07. The maximum Gasteiger partial charge on any atom is 0.325 e. The molecule has 1 unspecified atom stereocenters. The Hall–Kier alpha value is -4.34. The number of aromatic nitrogens is 1. The fourth-order valence-corrected chi connectivity index (χ4v) is 4.48.